The molecule has 2 rings (SSSR count). The standard InChI is InChI=1S/C14H21N5O2S/c1-11(14(2,3)4)18(5)22(20,21)13-8-6-7-12(9-13)19-10-15-16-17-19/h6-11H,1-5H3. The second-order valence-corrected chi connectivity index (χ2v) is 8.31. The third-order valence-electron chi connectivity index (χ3n) is 3.91. The van der Waals surface area contributed by atoms with Crippen molar-refractivity contribution in [3.8, 4) is 5.69 Å². The van der Waals surface area contributed by atoms with Crippen LogP contribution in [0.5, 0.6) is 0 Å². The highest BCUT2D eigenvalue weighted by Gasteiger charge is 2.32. The van der Waals surface area contributed by atoms with E-state index in [1.54, 1.807) is 31.3 Å². The van der Waals surface area contributed by atoms with Gasteiger partial charge in [-0.3, -0.25) is 0 Å². The Bertz CT molecular complexity index is 735. The molecule has 1 unspecified atom stereocenters. The van der Waals surface area contributed by atoms with Crippen molar-refractivity contribution < 1.29 is 8.42 Å². The maximum atomic E-state index is 12.8. The molecule has 2 aromatic rings. The number of sulfonamides is 1. The van der Waals surface area contributed by atoms with Crippen molar-refractivity contribution in [3.05, 3.63) is 30.6 Å². The highest BCUT2D eigenvalue weighted by molar-refractivity contribution is 7.89. The van der Waals surface area contributed by atoms with Gasteiger partial charge in [0.05, 0.1) is 10.6 Å². The lowest BCUT2D eigenvalue weighted by molar-refractivity contribution is 0.216. The second-order valence-electron chi connectivity index (χ2n) is 6.31. The van der Waals surface area contributed by atoms with Crippen molar-refractivity contribution in [1.29, 1.82) is 0 Å². The van der Waals surface area contributed by atoms with Crippen molar-refractivity contribution >= 4 is 10.0 Å². The van der Waals surface area contributed by atoms with Gasteiger partial charge in [-0.15, -0.1) is 5.10 Å². The first-order valence-corrected chi connectivity index (χ1v) is 8.39. The summed E-state index contributed by atoms with van der Waals surface area (Å²) in [6.45, 7) is 7.95. The van der Waals surface area contributed by atoms with Crippen LogP contribution in [0.25, 0.3) is 5.69 Å². The first-order valence-electron chi connectivity index (χ1n) is 6.95. The molecule has 7 nitrogen and oxygen atoms in total. The predicted octanol–water partition coefficient (Wildman–Crippen LogP) is 1.72. The Morgan fingerprint density at radius 3 is 2.50 bits per heavy atom. The lowest BCUT2D eigenvalue weighted by atomic mass is 9.88. The SMILES string of the molecule is CC(N(C)S(=O)(=O)c1cccc(-n2cnnn2)c1)C(C)(C)C. The molecule has 1 aromatic heterocycles. The zero-order chi connectivity index (χ0) is 16.5. The topological polar surface area (TPSA) is 81.0 Å². The molecule has 0 N–H and O–H groups in total. The normalized spacial score (nSPS) is 14.3. The van der Waals surface area contributed by atoms with Crippen LogP contribution in [0.15, 0.2) is 35.5 Å². The van der Waals surface area contributed by atoms with Crippen LogP contribution in [0.4, 0.5) is 0 Å². The highest BCUT2D eigenvalue weighted by atomic mass is 32.2. The molecule has 0 amide bonds. The first-order chi connectivity index (χ1) is 10.1. The molecular formula is C14H21N5O2S. The van der Waals surface area contributed by atoms with E-state index in [9.17, 15) is 8.42 Å². The largest absolute Gasteiger partial charge is 0.243 e. The zero-order valence-corrected chi connectivity index (χ0v) is 14.2. The molecule has 0 spiro atoms. The van der Waals surface area contributed by atoms with E-state index in [0.717, 1.165) is 0 Å². The Hall–Kier alpha value is -1.80. The monoisotopic (exact) mass is 323 g/mol. The van der Waals surface area contributed by atoms with Gasteiger partial charge >= 0.3 is 0 Å². The van der Waals surface area contributed by atoms with Crippen LogP contribution in [0.2, 0.25) is 0 Å². The summed E-state index contributed by atoms with van der Waals surface area (Å²) < 4.78 is 28.4. The fraction of sp³-hybridized carbons (Fsp3) is 0.500. The van der Waals surface area contributed by atoms with Crippen LogP contribution in [0.1, 0.15) is 27.7 Å². The predicted molar refractivity (Wildman–Crippen MR) is 83.0 cm³/mol. The molecule has 22 heavy (non-hydrogen) atoms. The van der Waals surface area contributed by atoms with Crippen LogP contribution in [0, 0.1) is 5.41 Å². The lowest BCUT2D eigenvalue weighted by Crippen LogP contribution is -2.42. The number of tetrazole rings is 1. The summed E-state index contributed by atoms with van der Waals surface area (Å²) in [5.74, 6) is 0. The Kier molecular flexibility index (Phi) is 4.35. The van der Waals surface area contributed by atoms with Gasteiger partial charge in [0.15, 0.2) is 0 Å². The van der Waals surface area contributed by atoms with E-state index in [4.69, 9.17) is 0 Å². The summed E-state index contributed by atoms with van der Waals surface area (Å²) >= 11 is 0. The maximum absolute atomic E-state index is 12.8. The van der Waals surface area contributed by atoms with Crippen molar-refractivity contribution in [2.75, 3.05) is 7.05 Å². The van der Waals surface area contributed by atoms with Crippen molar-refractivity contribution in [2.24, 2.45) is 5.41 Å². The quantitative estimate of drug-likeness (QED) is 0.855. The number of hydrogen-bond donors (Lipinski definition) is 0. The van der Waals surface area contributed by atoms with Gasteiger partial charge in [0.1, 0.15) is 6.33 Å². The zero-order valence-electron chi connectivity index (χ0n) is 13.4. The number of benzene rings is 1. The molecule has 1 heterocycles. The van der Waals surface area contributed by atoms with Gasteiger partial charge in [0.25, 0.3) is 0 Å². The smallest absolute Gasteiger partial charge is 0.207 e. The van der Waals surface area contributed by atoms with Gasteiger partial charge in [0, 0.05) is 13.1 Å². The lowest BCUT2D eigenvalue weighted by Gasteiger charge is -2.34. The molecule has 0 bridgehead atoms. The number of aromatic nitrogens is 4. The number of rotatable bonds is 4. The Balaban J connectivity index is 2.40. The molecule has 8 heteroatoms. The van der Waals surface area contributed by atoms with E-state index < -0.39 is 10.0 Å². The molecular weight excluding hydrogens is 302 g/mol. The van der Waals surface area contributed by atoms with E-state index in [1.165, 1.54) is 15.3 Å². The molecule has 0 radical (unpaired) electrons. The molecule has 1 atom stereocenters. The summed E-state index contributed by atoms with van der Waals surface area (Å²) in [7, 11) is -1.98. The van der Waals surface area contributed by atoms with Crippen molar-refractivity contribution in [2.45, 2.75) is 38.6 Å². The highest BCUT2D eigenvalue weighted by Crippen LogP contribution is 2.28. The van der Waals surface area contributed by atoms with E-state index in [-0.39, 0.29) is 16.4 Å². The average molecular weight is 323 g/mol. The summed E-state index contributed by atoms with van der Waals surface area (Å²) in [5.41, 5.74) is 0.442. The molecule has 0 saturated carbocycles. The fourth-order valence-corrected chi connectivity index (χ4v) is 3.57. The summed E-state index contributed by atoms with van der Waals surface area (Å²) in [5, 5.41) is 10.9. The van der Waals surface area contributed by atoms with E-state index in [0.29, 0.717) is 5.69 Å². The Morgan fingerprint density at radius 1 is 1.27 bits per heavy atom. The Morgan fingerprint density at radius 2 is 1.95 bits per heavy atom. The van der Waals surface area contributed by atoms with Crippen molar-refractivity contribution in [1.82, 2.24) is 24.5 Å². The minimum absolute atomic E-state index is 0.144. The van der Waals surface area contributed by atoms with Gasteiger partial charge in [-0.05, 0) is 41.0 Å². The van der Waals surface area contributed by atoms with Gasteiger partial charge in [-0.2, -0.15) is 4.31 Å². The van der Waals surface area contributed by atoms with E-state index in [1.807, 2.05) is 27.7 Å². The summed E-state index contributed by atoms with van der Waals surface area (Å²) in [6.07, 6.45) is 1.42. The van der Waals surface area contributed by atoms with Gasteiger partial charge in [0.2, 0.25) is 10.0 Å². The van der Waals surface area contributed by atoms with Gasteiger partial charge in [-0.25, -0.2) is 13.1 Å². The fourth-order valence-electron chi connectivity index (χ4n) is 1.99. The van der Waals surface area contributed by atoms with Gasteiger partial charge in [-0.1, -0.05) is 26.8 Å². The van der Waals surface area contributed by atoms with Gasteiger partial charge < -0.3 is 0 Å². The second kappa shape index (κ2) is 5.77. The van der Waals surface area contributed by atoms with Crippen LogP contribution in [0.3, 0.4) is 0 Å². The minimum atomic E-state index is -3.58. The molecule has 0 aliphatic rings. The average Bonchev–Trinajstić information content (AvgIpc) is 2.99. The number of nitrogens with zero attached hydrogens (tertiary/aromatic N) is 5. The molecule has 0 aliphatic heterocycles. The minimum Gasteiger partial charge on any atom is -0.207 e. The van der Waals surface area contributed by atoms with Crippen LogP contribution < -0.4 is 0 Å². The van der Waals surface area contributed by atoms with Crippen LogP contribution in [-0.4, -0.2) is 46.0 Å². The molecule has 1 aromatic carbocycles. The van der Waals surface area contributed by atoms with E-state index >= 15 is 0 Å². The third-order valence-corrected chi connectivity index (χ3v) is 5.83. The van der Waals surface area contributed by atoms with Crippen LogP contribution in [-0.2, 0) is 10.0 Å². The molecule has 0 fully saturated rings. The van der Waals surface area contributed by atoms with Crippen molar-refractivity contribution in [3.63, 3.8) is 0 Å². The summed E-state index contributed by atoms with van der Waals surface area (Å²) in [6, 6.07) is 6.43. The Labute approximate surface area is 131 Å². The first kappa shape index (κ1) is 16.6. The van der Waals surface area contributed by atoms with Crippen LogP contribution >= 0.6 is 0 Å². The van der Waals surface area contributed by atoms with E-state index in [2.05, 4.69) is 15.5 Å². The maximum Gasteiger partial charge on any atom is 0.243 e. The summed E-state index contributed by atoms with van der Waals surface area (Å²) in [4.78, 5) is 0.221. The number of hydrogen-bond acceptors (Lipinski definition) is 5. The molecule has 120 valence electrons. The molecule has 0 saturated heterocycles. The third kappa shape index (κ3) is 3.17. The molecule has 0 aliphatic carbocycles.